The summed E-state index contributed by atoms with van der Waals surface area (Å²) >= 11 is 0. The number of oxazole rings is 1. The van der Waals surface area contributed by atoms with Crippen LogP contribution in [0.2, 0.25) is 0 Å². The third-order valence-corrected chi connectivity index (χ3v) is 7.64. The van der Waals surface area contributed by atoms with Crippen molar-refractivity contribution in [2.45, 2.75) is 39.2 Å². The van der Waals surface area contributed by atoms with Gasteiger partial charge in [-0.25, -0.2) is 4.98 Å². The van der Waals surface area contributed by atoms with Crippen LogP contribution in [0.1, 0.15) is 37.1 Å². The molecular weight excluding hydrogens is 556 g/mol. The normalized spacial score (nSPS) is 11.2. The molecule has 8 heteroatoms. The van der Waals surface area contributed by atoms with Crippen LogP contribution in [-0.4, -0.2) is 34.3 Å². The van der Waals surface area contributed by atoms with Gasteiger partial charge in [0.2, 0.25) is 5.89 Å². The van der Waals surface area contributed by atoms with Crippen molar-refractivity contribution in [2.75, 3.05) is 13.7 Å². The highest BCUT2D eigenvalue weighted by Crippen LogP contribution is 2.39. The monoisotopic (exact) mass is 590 g/mol. The highest BCUT2D eigenvalue weighted by atomic mass is 16.5. The number of carboxylic acids is 1. The predicted octanol–water partition coefficient (Wildman–Crippen LogP) is 8.36. The van der Waals surface area contributed by atoms with E-state index in [1.807, 2.05) is 79.7 Å². The van der Waals surface area contributed by atoms with Crippen molar-refractivity contribution in [3.8, 4) is 34.4 Å². The van der Waals surface area contributed by atoms with Gasteiger partial charge >= 0.3 is 5.97 Å². The molecule has 0 atom stereocenters. The molecule has 0 aliphatic carbocycles. The summed E-state index contributed by atoms with van der Waals surface area (Å²) < 4.78 is 26.3. The van der Waals surface area contributed by atoms with Crippen LogP contribution in [0.3, 0.4) is 0 Å². The number of unbranched alkanes of at least 4 members (excludes halogenated alkanes) is 2. The van der Waals surface area contributed by atoms with Crippen LogP contribution >= 0.6 is 0 Å². The van der Waals surface area contributed by atoms with Gasteiger partial charge in [-0.05, 0) is 68.7 Å². The van der Waals surface area contributed by atoms with Crippen LogP contribution in [0.25, 0.3) is 38.9 Å². The molecule has 0 saturated carbocycles. The molecule has 0 bridgehead atoms. The van der Waals surface area contributed by atoms with Gasteiger partial charge in [-0.3, -0.25) is 4.79 Å². The van der Waals surface area contributed by atoms with Crippen molar-refractivity contribution >= 4 is 27.8 Å². The summed E-state index contributed by atoms with van der Waals surface area (Å²) in [4.78, 5) is 15.5. The molecule has 224 valence electrons. The first-order valence-corrected chi connectivity index (χ1v) is 14.7. The number of fused-ring (bicyclic) bond motifs is 3. The Morgan fingerprint density at radius 2 is 1.64 bits per heavy atom. The summed E-state index contributed by atoms with van der Waals surface area (Å²) in [5.74, 6) is 2.53. The summed E-state index contributed by atoms with van der Waals surface area (Å²) in [6, 6.07) is 30.0. The highest BCUT2D eigenvalue weighted by molar-refractivity contribution is 6.12. The van der Waals surface area contributed by atoms with E-state index in [4.69, 9.17) is 23.7 Å². The summed E-state index contributed by atoms with van der Waals surface area (Å²) in [7, 11) is 1.63. The molecule has 0 radical (unpaired) electrons. The van der Waals surface area contributed by atoms with Gasteiger partial charge in [-0.1, -0.05) is 42.5 Å². The largest absolute Gasteiger partial charge is 0.493 e. The number of aryl methyl sites for hydroxylation is 1. The molecule has 1 N–H and O–H groups in total. The molecule has 0 spiro atoms. The zero-order valence-electron chi connectivity index (χ0n) is 24.8. The van der Waals surface area contributed by atoms with Crippen LogP contribution < -0.4 is 14.2 Å². The molecule has 8 nitrogen and oxygen atoms in total. The molecule has 6 aromatic rings. The Hall–Kier alpha value is -5.24. The van der Waals surface area contributed by atoms with E-state index in [2.05, 4.69) is 27.8 Å². The van der Waals surface area contributed by atoms with E-state index < -0.39 is 5.97 Å². The second kappa shape index (κ2) is 13.0. The zero-order chi connectivity index (χ0) is 30.5. The number of para-hydroxylation sites is 1. The third kappa shape index (κ3) is 5.97. The van der Waals surface area contributed by atoms with Crippen molar-refractivity contribution in [2.24, 2.45) is 0 Å². The fourth-order valence-corrected chi connectivity index (χ4v) is 5.45. The predicted molar refractivity (Wildman–Crippen MR) is 170 cm³/mol. The molecule has 6 rings (SSSR count). The van der Waals surface area contributed by atoms with Crippen molar-refractivity contribution in [1.82, 2.24) is 9.55 Å². The first kappa shape index (κ1) is 28.9. The number of hydrogen-bond donors (Lipinski definition) is 1. The van der Waals surface area contributed by atoms with Gasteiger partial charge in [0.1, 0.15) is 23.8 Å². The number of hydrogen-bond acceptors (Lipinski definition) is 6. The zero-order valence-corrected chi connectivity index (χ0v) is 24.8. The van der Waals surface area contributed by atoms with E-state index in [-0.39, 0.29) is 13.0 Å². The molecule has 0 aliphatic heterocycles. The maximum absolute atomic E-state index is 10.8. The molecule has 2 aromatic heterocycles. The topological polar surface area (TPSA) is 96.0 Å². The Kier molecular flexibility index (Phi) is 8.50. The Morgan fingerprint density at radius 3 is 2.45 bits per heavy atom. The number of rotatable bonds is 13. The fraction of sp³-hybridized carbons (Fsp3) is 0.222. The van der Waals surface area contributed by atoms with E-state index in [1.54, 1.807) is 7.11 Å². The average Bonchev–Trinajstić information content (AvgIpc) is 3.59. The maximum atomic E-state index is 10.8. The van der Waals surface area contributed by atoms with E-state index in [0.717, 1.165) is 57.3 Å². The molecule has 0 fully saturated rings. The first-order valence-electron chi connectivity index (χ1n) is 14.7. The van der Waals surface area contributed by atoms with E-state index in [1.165, 1.54) is 0 Å². The van der Waals surface area contributed by atoms with E-state index >= 15 is 0 Å². The third-order valence-electron chi connectivity index (χ3n) is 7.64. The molecule has 0 aliphatic rings. The van der Waals surface area contributed by atoms with Crippen LogP contribution in [0, 0.1) is 6.92 Å². The van der Waals surface area contributed by atoms with Crippen molar-refractivity contribution in [3.63, 3.8) is 0 Å². The second-order valence-electron chi connectivity index (χ2n) is 10.6. The van der Waals surface area contributed by atoms with Gasteiger partial charge in [0.15, 0.2) is 11.5 Å². The number of methoxy groups -OCH3 is 1. The molecule has 0 saturated heterocycles. The molecule has 44 heavy (non-hydrogen) atoms. The number of aliphatic carboxylic acids is 1. The smallest absolute Gasteiger partial charge is 0.303 e. The lowest BCUT2D eigenvalue weighted by atomic mass is 10.1. The SMILES string of the molecule is COc1cc(-n2c3ccccc3c3c(OCCCCCC(=O)O)cccc32)ccc1OCc1nc(-c2ccccc2)oc1C. The Balaban J connectivity index is 1.26. The van der Waals surface area contributed by atoms with Gasteiger partial charge in [0.25, 0.3) is 0 Å². The quantitative estimate of drug-likeness (QED) is 0.135. The van der Waals surface area contributed by atoms with Gasteiger partial charge in [-0.15, -0.1) is 0 Å². The summed E-state index contributed by atoms with van der Waals surface area (Å²) in [5.41, 5.74) is 4.63. The number of nitrogens with zero attached hydrogens (tertiary/aromatic N) is 2. The Bertz CT molecular complexity index is 1910. The first-order chi connectivity index (χ1) is 21.5. The molecule has 0 amide bonds. The minimum atomic E-state index is -0.762. The van der Waals surface area contributed by atoms with Crippen LogP contribution in [0.15, 0.2) is 95.4 Å². The Labute approximate surface area is 255 Å². The molecular formula is C36H34N2O6. The lowest BCUT2D eigenvalue weighted by molar-refractivity contribution is -0.137. The summed E-state index contributed by atoms with van der Waals surface area (Å²) in [6.07, 6.45) is 2.44. The van der Waals surface area contributed by atoms with Crippen molar-refractivity contribution in [3.05, 3.63) is 102 Å². The molecule has 4 aromatic carbocycles. The fourth-order valence-electron chi connectivity index (χ4n) is 5.45. The van der Waals surface area contributed by atoms with Crippen LogP contribution in [0.4, 0.5) is 0 Å². The molecule has 2 heterocycles. The second-order valence-corrected chi connectivity index (χ2v) is 10.6. The molecule has 0 unspecified atom stereocenters. The summed E-state index contributed by atoms with van der Waals surface area (Å²) in [6.45, 7) is 2.65. The van der Waals surface area contributed by atoms with Gasteiger partial charge in [0, 0.05) is 28.8 Å². The number of ether oxygens (including phenoxy) is 3. The van der Waals surface area contributed by atoms with Gasteiger partial charge < -0.3 is 28.3 Å². The number of carbonyl (C=O) groups is 1. The van der Waals surface area contributed by atoms with Crippen molar-refractivity contribution < 1.29 is 28.5 Å². The van der Waals surface area contributed by atoms with Crippen molar-refractivity contribution in [1.29, 1.82) is 0 Å². The van der Waals surface area contributed by atoms with E-state index in [9.17, 15) is 4.79 Å². The van der Waals surface area contributed by atoms with Crippen LogP contribution in [-0.2, 0) is 11.4 Å². The van der Waals surface area contributed by atoms with Gasteiger partial charge in [0.05, 0.1) is 30.4 Å². The number of carboxylic acid groups (broad SMARTS) is 1. The number of aromatic nitrogens is 2. The summed E-state index contributed by atoms with van der Waals surface area (Å²) in [5, 5.41) is 11.0. The van der Waals surface area contributed by atoms with E-state index in [0.29, 0.717) is 36.2 Å². The minimum Gasteiger partial charge on any atom is -0.493 e. The minimum absolute atomic E-state index is 0.186. The maximum Gasteiger partial charge on any atom is 0.303 e. The highest BCUT2D eigenvalue weighted by Gasteiger charge is 2.18. The Morgan fingerprint density at radius 1 is 0.841 bits per heavy atom. The lowest BCUT2D eigenvalue weighted by Gasteiger charge is -2.14. The average molecular weight is 591 g/mol. The standard InChI is InChI=1S/C36H34N2O6/c1-24-28(37-36(44-24)25-12-5-3-6-13-25)23-43-31-20-19-26(22-33(31)41-2)38-29-15-9-8-14-27(29)35-30(38)16-11-17-32(35)42-21-10-4-7-18-34(39)40/h3,5-6,8-9,11-17,19-20,22H,4,7,10,18,21,23H2,1-2H3,(H,39,40). The number of benzene rings is 4. The lowest BCUT2D eigenvalue weighted by Crippen LogP contribution is -2.01. The van der Waals surface area contributed by atoms with Crippen LogP contribution in [0.5, 0.6) is 17.2 Å². The van der Waals surface area contributed by atoms with Gasteiger partial charge in [-0.2, -0.15) is 0 Å².